The molecule has 0 radical (unpaired) electrons. The van der Waals surface area contributed by atoms with Gasteiger partial charge in [0.25, 0.3) is 0 Å². The van der Waals surface area contributed by atoms with Crippen molar-refractivity contribution in [2.45, 2.75) is 0 Å². The van der Waals surface area contributed by atoms with Gasteiger partial charge < -0.3 is 0 Å². The topological polar surface area (TPSA) is 30.2 Å². The molecule has 2 rings (SSSR count). The highest BCUT2D eigenvalue weighted by molar-refractivity contribution is 6.28. The Labute approximate surface area is 66.4 Å². The summed E-state index contributed by atoms with van der Waals surface area (Å²) in [6, 6.07) is 2.55. The largest absolute Gasteiger partial charge is 0.243 e. The van der Waals surface area contributed by atoms with E-state index >= 15 is 0 Å². The van der Waals surface area contributed by atoms with Crippen molar-refractivity contribution in [2.24, 2.45) is 0 Å². The monoisotopic (exact) mass is 171 g/mol. The minimum absolute atomic E-state index is 0.121. The summed E-state index contributed by atoms with van der Waals surface area (Å²) >= 11 is 5.47. The van der Waals surface area contributed by atoms with Gasteiger partial charge in [0.2, 0.25) is 5.28 Å². The molecule has 0 aromatic carbocycles. The lowest BCUT2D eigenvalue weighted by Gasteiger charge is -1.88. The van der Waals surface area contributed by atoms with Gasteiger partial charge in [0.1, 0.15) is 5.82 Å². The van der Waals surface area contributed by atoms with Crippen LogP contribution in [0.2, 0.25) is 5.28 Å². The number of hydrogen-bond acceptors (Lipinski definition) is 2. The van der Waals surface area contributed by atoms with E-state index in [-0.39, 0.29) is 11.1 Å². The van der Waals surface area contributed by atoms with Crippen LogP contribution in [0.1, 0.15) is 0 Å². The number of hydrogen-bond donors (Lipinski definition) is 0. The van der Waals surface area contributed by atoms with Crippen molar-refractivity contribution >= 4 is 17.2 Å². The zero-order chi connectivity index (χ0) is 7.84. The highest BCUT2D eigenvalue weighted by Crippen LogP contribution is 2.06. The second-order valence-electron chi connectivity index (χ2n) is 2.03. The quantitative estimate of drug-likeness (QED) is 0.602. The smallest absolute Gasteiger partial charge is 0.219 e. The van der Waals surface area contributed by atoms with Gasteiger partial charge in [0, 0.05) is 12.3 Å². The minimum atomic E-state index is -0.346. The van der Waals surface area contributed by atoms with Gasteiger partial charge in [-0.2, -0.15) is 4.98 Å². The second kappa shape index (κ2) is 2.17. The Morgan fingerprint density at radius 1 is 1.55 bits per heavy atom. The molecule has 2 aromatic heterocycles. The Morgan fingerprint density at radius 2 is 2.36 bits per heavy atom. The van der Waals surface area contributed by atoms with Crippen LogP contribution in [0.15, 0.2) is 18.3 Å². The number of nitrogens with zero attached hydrogens (tertiary/aromatic N) is 3. The first-order valence-electron chi connectivity index (χ1n) is 2.93. The normalized spacial score (nSPS) is 10.7. The summed E-state index contributed by atoms with van der Waals surface area (Å²) in [6.07, 6.45) is 1.46. The lowest BCUT2D eigenvalue weighted by Crippen LogP contribution is -1.86. The zero-order valence-electron chi connectivity index (χ0n) is 5.33. The Balaban J connectivity index is 2.82. The molecule has 0 atom stereocenters. The third kappa shape index (κ3) is 1.05. The highest BCUT2D eigenvalue weighted by atomic mass is 35.5. The number of aromatic nitrogens is 3. The van der Waals surface area contributed by atoms with Gasteiger partial charge in [0.15, 0.2) is 5.65 Å². The SMILES string of the molecule is Fc1ccn2nc(Cl)nc2c1. The van der Waals surface area contributed by atoms with E-state index in [1.807, 2.05) is 0 Å². The number of fused-ring (bicyclic) bond motifs is 1. The standard InChI is InChI=1S/C6H3ClFN3/c7-6-9-5-3-4(8)1-2-11(5)10-6/h1-3H. The summed E-state index contributed by atoms with van der Waals surface area (Å²) in [5.41, 5.74) is 0.412. The molecule has 3 nitrogen and oxygen atoms in total. The molecule has 0 N–H and O–H groups in total. The molecule has 2 heterocycles. The van der Waals surface area contributed by atoms with Crippen LogP contribution in [0, 0.1) is 5.82 Å². The van der Waals surface area contributed by atoms with Gasteiger partial charge in [-0.3, -0.25) is 0 Å². The van der Waals surface area contributed by atoms with Crippen LogP contribution in [0.3, 0.4) is 0 Å². The van der Waals surface area contributed by atoms with Gasteiger partial charge in [0.05, 0.1) is 0 Å². The van der Waals surface area contributed by atoms with Crippen LogP contribution in [0.4, 0.5) is 4.39 Å². The van der Waals surface area contributed by atoms with Crippen molar-refractivity contribution in [3.8, 4) is 0 Å². The Morgan fingerprint density at radius 3 is 3.18 bits per heavy atom. The fourth-order valence-electron chi connectivity index (χ4n) is 0.830. The first kappa shape index (κ1) is 6.54. The first-order valence-corrected chi connectivity index (χ1v) is 3.31. The average molecular weight is 172 g/mol. The molecule has 0 saturated carbocycles. The van der Waals surface area contributed by atoms with E-state index in [2.05, 4.69) is 10.1 Å². The maximum Gasteiger partial charge on any atom is 0.243 e. The van der Waals surface area contributed by atoms with Crippen LogP contribution >= 0.6 is 11.6 Å². The predicted octanol–water partition coefficient (Wildman–Crippen LogP) is 1.52. The molecule has 0 bridgehead atoms. The van der Waals surface area contributed by atoms with E-state index in [4.69, 9.17) is 11.6 Å². The van der Waals surface area contributed by atoms with Gasteiger partial charge in [-0.25, -0.2) is 8.91 Å². The molecule has 0 saturated heterocycles. The second-order valence-corrected chi connectivity index (χ2v) is 2.37. The summed E-state index contributed by atoms with van der Waals surface area (Å²) < 4.78 is 13.9. The molecule has 0 fully saturated rings. The van der Waals surface area contributed by atoms with E-state index in [0.717, 1.165) is 0 Å². The summed E-state index contributed by atoms with van der Waals surface area (Å²) in [5.74, 6) is -0.346. The van der Waals surface area contributed by atoms with Gasteiger partial charge in [-0.1, -0.05) is 0 Å². The zero-order valence-corrected chi connectivity index (χ0v) is 6.09. The van der Waals surface area contributed by atoms with E-state index in [1.165, 1.54) is 22.8 Å². The minimum Gasteiger partial charge on any atom is -0.219 e. The molecule has 2 aromatic rings. The summed E-state index contributed by atoms with van der Waals surface area (Å²) in [7, 11) is 0. The molecule has 0 aliphatic rings. The van der Waals surface area contributed by atoms with Crippen molar-refractivity contribution in [3.05, 3.63) is 29.4 Å². The average Bonchev–Trinajstić information content (AvgIpc) is 2.27. The molecule has 0 spiro atoms. The highest BCUT2D eigenvalue weighted by Gasteiger charge is 2.00. The van der Waals surface area contributed by atoms with E-state index in [1.54, 1.807) is 0 Å². The van der Waals surface area contributed by atoms with Gasteiger partial charge in [-0.15, -0.1) is 5.10 Å². The van der Waals surface area contributed by atoms with Gasteiger partial charge in [-0.05, 0) is 17.7 Å². The van der Waals surface area contributed by atoms with Crippen molar-refractivity contribution in [1.29, 1.82) is 0 Å². The third-order valence-electron chi connectivity index (χ3n) is 1.27. The Hall–Kier alpha value is -1.16. The molecule has 56 valence electrons. The predicted molar refractivity (Wildman–Crippen MR) is 38.0 cm³/mol. The fraction of sp³-hybridized carbons (Fsp3) is 0. The molecule has 0 amide bonds. The van der Waals surface area contributed by atoms with Crippen LogP contribution in [0.5, 0.6) is 0 Å². The molecule has 5 heteroatoms. The summed E-state index contributed by atoms with van der Waals surface area (Å²) in [6.45, 7) is 0. The summed E-state index contributed by atoms with van der Waals surface area (Å²) in [4.78, 5) is 3.75. The first-order chi connectivity index (χ1) is 5.25. The lowest BCUT2D eigenvalue weighted by molar-refractivity contribution is 0.625. The van der Waals surface area contributed by atoms with Crippen LogP contribution in [-0.4, -0.2) is 14.6 Å². The molecule has 0 unspecified atom stereocenters. The molecular weight excluding hydrogens is 169 g/mol. The van der Waals surface area contributed by atoms with Crippen LogP contribution in [-0.2, 0) is 0 Å². The maximum absolute atomic E-state index is 12.5. The Kier molecular flexibility index (Phi) is 1.29. The number of pyridine rings is 1. The molecule has 11 heavy (non-hydrogen) atoms. The molecule has 0 aliphatic carbocycles. The number of rotatable bonds is 0. The van der Waals surface area contributed by atoms with E-state index in [0.29, 0.717) is 5.65 Å². The van der Waals surface area contributed by atoms with Gasteiger partial charge >= 0.3 is 0 Å². The molecular formula is C6H3ClFN3. The summed E-state index contributed by atoms with van der Waals surface area (Å²) in [5, 5.41) is 3.88. The maximum atomic E-state index is 12.5. The van der Waals surface area contributed by atoms with Crippen molar-refractivity contribution in [1.82, 2.24) is 14.6 Å². The van der Waals surface area contributed by atoms with Crippen molar-refractivity contribution in [2.75, 3.05) is 0 Å². The number of halogens is 2. The lowest BCUT2D eigenvalue weighted by atomic mass is 10.5. The van der Waals surface area contributed by atoms with E-state index < -0.39 is 0 Å². The fourth-order valence-corrected chi connectivity index (χ4v) is 0.998. The van der Waals surface area contributed by atoms with E-state index in [9.17, 15) is 4.39 Å². The van der Waals surface area contributed by atoms with Crippen molar-refractivity contribution in [3.63, 3.8) is 0 Å². The van der Waals surface area contributed by atoms with Crippen molar-refractivity contribution < 1.29 is 4.39 Å². The van der Waals surface area contributed by atoms with Crippen LogP contribution < -0.4 is 0 Å². The molecule has 0 aliphatic heterocycles. The van der Waals surface area contributed by atoms with Crippen LogP contribution in [0.25, 0.3) is 5.65 Å². The Bertz CT molecular complexity index is 398. The third-order valence-corrected chi connectivity index (χ3v) is 1.43.